The first-order chi connectivity index (χ1) is 46.4. The van der Waals surface area contributed by atoms with Crippen LogP contribution in [0.2, 0.25) is 0 Å². The molecule has 2 saturated heterocycles. The fraction of sp³-hybridized carbons (Fsp3) is 0.819. The van der Waals surface area contributed by atoms with Crippen LogP contribution in [-0.2, 0) is 52.7 Å². The summed E-state index contributed by atoms with van der Waals surface area (Å²) in [5, 5.41) is 44.5. The lowest BCUT2D eigenvalue weighted by Crippen LogP contribution is -2.64. The Morgan fingerprint density at radius 1 is 0.520 bits per heavy atom. The van der Waals surface area contributed by atoms with E-state index in [-0.39, 0.29) is 68.6 Å². The van der Waals surface area contributed by atoms with Crippen molar-refractivity contribution in [3.05, 3.63) is 12.2 Å². The Labute approximate surface area is 602 Å². The Kier molecular flexibility index (Phi) is 37.8. The molecule has 0 bridgehead atoms. The van der Waals surface area contributed by atoms with Gasteiger partial charge in [0.1, 0.15) is 66.5 Å². The summed E-state index contributed by atoms with van der Waals surface area (Å²) in [4.78, 5) is 178. The van der Waals surface area contributed by atoms with Crippen LogP contribution in [-0.4, -0.2) is 309 Å². The Balaban J connectivity index is 3.13. The second-order valence-electron chi connectivity index (χ2n) is 30.5. The van der Waals surface area contributed by atoms with E-state index in [1.54, 1.807) is 60.6 Å². The van der Waals surface area contributed by atoms with E-state index in [0.717, 1.165) is 36.0 Å². The van der Waals surface area contributed by atoms with E-state index >= 15 is 33.6 Å². The lowest BCUT2D eigenvalue weighted by Gasteiger charge is -2.41. The number of nitrogens with one attached hydrogen (secondary N) is 4. The zero-order valence-electron chi connectivity index (χ0n) is 65.1. The van der Waals surface area contributed by atoms with Gasteiger partial charge in [-0.25, -0.2) is 0 Å². The summed E-state index contributed by atoms with van der Waals surface area (Å²) in [5.74, 6) is -9.62. The third-order valence-electron chi connectivity index (χ3n) is 19.4. The average Bonchev–Trinajstić information content (AvgIpc) is 0.805. The smallest absolute Gasteiger partial charge is 0.246 e. The summed E-state index contributed by atoms with van der Waals surface area (Å²) in [6.07, 6.45) is 2.79. The predicted octanol–water partition coefficient (Wildman–Crippen LogP) is 2.49. The summed E-state index contributed by atoms with van der Waals surface area (Å²) < 4.78 is 0. The van der Waals surface area contributed by atoms with Crippen molar-refractivity contribution in [1.29, 1.82) is 0 Å². The van der Waals surface area contributed by atoms with Gasteiger partial charge in [0.05, 0.1) is 18.3 Å². The zero-order valence-corrected chi connectivity index (χ0v) is 65.9. The molecule has 0 aromatic heterocycles. The molecule has 574 valence electrons. The topological polar surface area (TPSA) is 326 Å². The molecule has 2 aliphatic rings. The Morgan fingerprint density at radius 3 is 1.46 bits per heavy atom. The minimum absolute atomic E-state index is 0.00625. The molecule has 0 radical (unpaired) electrons. The van der Waals surface area contributed by atoms with E-state index in [0.29, 0.717) is 25.3 Å². The third kappa shape index (κ3) is 26.4. The monoisotopic (exact) mass is 1430 g/mol. The molecule has 0 unspecified atom stereocenters. The van der Waals surface area contributed by atoms with E-state index in [1.807, 2.05) is 41.5 Å². The molecule has 0 aliphatic carbocycles. The van der Waals surface area contributed by atoms with Crippen LogP contribution >= 0.6 is 11.8 Å². The number of thioether (sulfide) groups is 1. The average molecular weight is 1430 g/mol. The highest BCUT2D eigenvalue weighted by Gasteiger charge is 2.47. The van der Waals surface area contributed by atoms with Gasteiger partial charge < -0.3 is 70.9 Å². The number of aliphatic hydroxyl groups is 3. The van der Waals surface area contributed by atoms with Crippen LogP contribution in [0.1, 0.15) is 163 Å². The fourth-order valence-corrected chi connectivity index (χ4v) is 14.0. The molecule has 11 amide bonds. The molecule has 0 saturated carbocycles. The number of piperazine rings is 1. The van der Waals surface area contributed by atoms with Crippen molar-refractivity contribution in [2.45, 2.75) is 241 Å². The Morgan fingerprint density at radius 2 is 0.980 bits per heavy atom. The molecular formula is C72H131N13O14S. The number of allylic oxidation sites excluding steroid dienone is 2. The van der Waals surface area contributed by atoms with Gasteiger partial charge in [0.2, 0.25) is 65.0 Å². The maximum Gasteiger partial charge on any atom is 0.246 e. The van der Waals surface area contributed by atoms with Crippen LogP contribution < -0.4 is 21.3 Å². The molecule has 0 aromatic rings. The molecule has 100 heavy (non-hydrogen) atoms. The van der Waals surface area contributed by atoms with Crippen LogP contribution in [0.25, 0.3) is 0 Å². The third-order valence-corrected chi connectivity index (χ3v) is 20.4. The second kappa shape index (κ2) is 42.0. The van der Waals surface area contributed by atoms with Crippen molar-refractivity contribution in [2.24, 2.45) is 35.5 Å². The quantitative estimate of drug-likeness (QED) is 0.0571. The van der Waals surface area contributed by atoms with Gasteiger partial charge in [-0.3, -0.25) is 62.5 Å². The number of hydrogen-bond donors (Lipinski definition) is 7. The van der Waals surface area contributed by atoms with Crippen molar-refractivity contribution in [1.82, 2.24) is 65.4 Å². The highest BCUT2D eigenvalue weighted by molar-refractivity contribution is 7.99. The van der Waals surface area contributed by atoms with Crippen LogP contribution in [0.15, 0.2) is 12.2 Å². The molecule has 2 fully saturated rings. The van der Waals surface area contributed by atoms with E-state index in [1.165, 1.54) is 113 Å². The zero-order chi connectivity index (χ0) is 76.7. The summed E-state index contributed by atoms with van der Waals surface area (Å²) in [6.45, 7) is 33.4. The van der Waals surface area contributed by atoms with Crippen LogP contribution in [0, 0.1) is 35.5 Å². The number of carbonyl (C=O) groups is 11. The van der Waals surface area contributed by atoms with Crippen molar-refractivity contribution in [3.63, 3.8) is 0 Å². The minimum Gasteiger partial charge on any atom is -0.395 e. The Bertz CT molecular complexity index is 2720. The van der Waals surface area contributed by atoms with E-state index in [4.69, 9.17) is 0 Å². The molecule has 2 heterocycles. The lowest BCUT2D eigenvalue weighted by molar-refractivity contribution is -0.157. The number of rotatable bonds is 23. The standard InChI is InChI=1S/C72H131N13O14S/c1-25-27-28-48(13)60(87)59-64(91)75-51(26-2)66(93)81(22)56(42-100-38-36-85-33-31-84(32-34-85)35-37-86)69(96)80(21)55(41-72(16,17)99)63(90)76-57(46(9)10)70(97)77(18)52(30-29-43(3)4)62(89)73-49(14)61(88)74-50(15)65(92)78(19)53(39-44(5)6)67(94)79(20)54(40-45(7)8)68(95)82(23)58(47(11)12)71(98)83(59)24/h25,27,43-60,86-87,99H,26,28-42H2,1-24H3,(H,73,89)(H,74,88)(H,75,91)(H,76,90)/b27-25+/t48-,49-,50+,51+,52-,53+,54+,55+,56-,57-,58+,59+,60-/m1/s1. The van der Waals surface area contributed by atoms with Gasteiger partial charge in [-0.1, -0.05) is 95.2 Å². The van der Waals surface area contributed by atoms with E-state index in [2.05, 4.69) is 31.1 Å². The van der Waals surface area contributed by atoms with Crippen molar-refractivity contribution in [2.75, 3.05) is 107 Å². The predicted molar refractivity (Wildman–Crippen MR) is 391 cm³/mol. The Hall–Kier alpha value is -5.94. The molecule has 27 nitrogen and oxygen atoms in total. The van der Waals surface area contributed by atoms with Gasteiger partial charge in [0.15, 0.2) is 0 Å². The molecule has 0 aromatic carbocycles. The molecule has 13 atom stereocenters. The van der Waals surface area contributed by atoms with Gasteiger partial charge in [-0.05, 0) is 109 Å². The van der Waals surface area contributed by atoms with Crippen molar-refractivity contribution in [3.8, 4) is 0 Å². The van der Waals surface area contributed by atoms with Gasteiger partial charge in [0.25, 0.3) is 0 Å². The highest BCUT2D eigenvalue weighted by Crippen LogP contribution is 2.27. The summed E-state index contributed by atoms with van der Waals surface area (Å²) >= 11 is 1.39. The maximum absolute atomic E-state index is 15.5. The van der Waals surface area contributed by atoms with E-state index in [9.17, 15) is 34.5 Å². The number of carbonyl (C=O) groups excluding carboxylic acids is 11. The van der Waals surface area contributed by atoms with Gasteiger partial charge >= 0.3 is 0 Å². The minimum atomic E-state index is -1.67. The number of amides is 11. The molecule has 2 rings (SSSR count). The lowest BCUT2D eigenvalue weighted by atomic mass is 9.91. The van der Waals surface area contributed by atoms with Crippen molar-refractivity contribution >= 4 is 76.7 Å². The first kappa shape index (κ1) is 90.1. The van der Waals surface area contributed by atoms with Gasteiger partial charge in [-0.2, -0.15) is 11.8 Å². The van der Waals surface area contributed by atoms with Crippen molar-refractivity contribution < 1.29 is 68.1 Å². The van der Waals surface area contributed by atoms with Gasteiger partial charge in [0, 0.05) is 107 Å². The second-order valence-corrected chi connectivity index (χ2v) is 31.7. The number of hydrogen-bond acceptors (Lipinski definition) is 17. The van der Waals surface area contributed by atoms with Gasteiger partial charge in [-0.15, -0.1) is 0 Å². The number of aliphatic hydroxyl groups excluding tert-OH is 2. The normalized spacial score (nSPS) is 26.9. The summed E-state index contributed by atoms with van der Waals surface area (Å²) in [5.41, 5.74) is -1.60. The number of β-amino-alcohol motifs (C(OH)–C–C–N with tert-alkyl or cyclic N) is 1. The SMILES string of the molecule is C/C=C/C[C@@H](C)[C@@H](O)[C@H]1C(=O)N[C@@H](CC)C(=O)N(C)[C@H](CSCCN2CCN(CCO)CC2)C(=O)N(C)[C@@H](CC(C)(C)O)C(=O)N[C@H](C(C)C)C(=O)N(C)[C@H](CCC(C)C)C(=O)N[C@H](C)C(=O)N[C@@H](C)C(=O)N(C)[C@@H](CC(C)C)C(=O)N(C)[C@@H](CC(C)C)C(=O)N(C)[C@@H](C(C)C)C(=O)N1C. The maximum atomic E-state index is 15.5. The first-order valence-corrected chi connectivity index (χ1v) is 37.3. The fourth-order valence-electron chi connectivity index (χ4n) is 12.8. The largest absolute Gasteiger partial charge is 0.395 e. The molecule has 0 spiro atoms. The van der Waals surface area contributed by atoms with Crippen LogP contribution in [0.4, 0.5) is 0 Å². The summed E-state index contributed by atoms with van der Waals surface area (Å²) in [6, 6.07) is -14.5. The number of likely N-dealkylation sites (N-methyl/N-ethyl adjacent to an activating group) is 7. The summed E-state index contributed by atoms with van der Waals surface area (Å²) in [7, 11) is 9.89. The first-order valence-electron chi connectivity index (χ1n) is 36.2. The number of nitrogens with zero attached hydrogens (tertiary/aromatic N) is 9. The molecule has 7 N–H and O–H groups in total. The van der Waals surface area contributed by atoms with Crippen LogP contribution in [0.3, 0.4) is 0 Å². The highest BCUT2D eigenvalue weighted by atomic mass is 32.2. The van der Waals surface area contributed by atoms with E-state index < -0.39 is 161 Å². The molecule has 28 heteroatoms. The molecule has 2 aliphatic heterocycles. The molecular weight excluding hydrogens is 1300 g/mol. The van der Waals surface area contributed by atoms with Crippen LogP contribution in [0.5, 0.6) is 0 Å².